The summed E-state index contributed by atoms with van der Waals surface area (Å²) in [5.74, 6) is 0. The SMILES string of the molecule is O=C([O-])P([O-])([O-])=S.[Na+].[Na+].[Na+]. The molecule has 0 heterocycles. The second-order valence-corrected chi connectivity index (χ2v) is 3.57. The zero-order valence-corrected chi connectivity index (χ0v) is 13.7. The van der Waals surface area contributed by atoms with Crippen molar-refractivity contribution in [1.29, 1.82) is 0 Å². The van der Waals surface area contributed by atoms with Crippen LogP contribution in [0, 0.1) is 0 Å². The molecule has 42 valence electrons. The van der Waals surface area contributed by atoms with Crippen molar-refractivity contribution in [1.82, 2.24) is 0 Å². The molecule has 0 spiro atoms. The molecular weight excluding hydrogens is 208 g/mol. The van der Waals surface area contributed by atoms with Gasteiger partial charge in [-0.25, -0.2) is 0 Å². The van der Waals surface area contributed by atoms with Gasteiger partial charge in [0.05, 0.1) is 0 Å². The summed E-state index contributed by atoms with van der Waals surface area (Å²) < 4.78 is 0. The molecule has 0 aromatic rings. The average molecular weight is 208 g/mol. The Kier molecular flexibility index (Phi) is 23.4. The van der Waals surface area contributed by atoms with Gasteiger partial charge in [-0.15, -0.1) is 11.8 Å². The van der Waals surface area contributed by atoms with Crippen LogP contribution in [0.5, 0.6) is 0 Å². The second kappa shape index (κ2) is 10.1. The van der Waals surface area contributed by atoms with Crippen molar-refractivity contribution in [3.8, 4) is 0 Å². The third-order valence-corrected chi connectivity index (χ3v) is 1.12. The molecule has 0 saturated heterocycles. The Hall–Kier alpha value is 3.04. The minimum Gasteiger partial charge on any atom is -0.828 e. The maximum absolute atomic E-state index is 9.51. The molecular formula is CNa3O4PS. The standard InChI is InChI=1S/CH3O4PS.3Na/c2-1(3)6(4,5)7;;;/h(H,2,3)(H2,4,5,7);;;/q;3*+1/p-3. The smallest absolute Gasteiger partial charge is 0.828 e. The molecule has 0 rings (SSSR count). The van der Waals surface area contributed by atoms with Crippen LogP contribution in [0.15, 0.2) is 0 Å². The molecule has 4 nitrogen and oxygen atoms in total. The molecule has 10 heavy (non-hydrogen) atoms. The number of hydrogen-bond donors (Lipinski definition) is 0. The fourth-order valence-electron chi connectivity index (χ4n) is 0. The van der Waals surface area contributed by atoms with Crippen LogP contribution in [0.25, 0.3) is 0 Å². The normalized spacial score (nSPS) is 7.80. The van der Waals surface area contributed by atoms with E-state index in [-0.39, 0.29) is 88.7 Å². The van der Waals surface area contributed by atoms with Gasteiger partial charge in [0, 0.05) is 5.71 Å². The van der Waals surface area contributed by atoms with Crippen LogP contribution in [-0.2, 0) is 11.8 Å². The van der Waals surface area contributed by atoms with Crippen LogP contribution in [0.3, 0.4) is 0 Å². The first-order valence-electron chi connectivity index (χ1n) is 1.18. The molecule has 0 aromatic heterocycles. The van der Waals surface area contributed by atoms with E-state index >= 15 is 0 Å². The average Bonchev–Trinajstić information content (AvgIpc) is 1.31. The molecule has 0 aliphatic rings. The third kappa shape index (κ3) is 13.6. The van der Waals surface area contributed by atoms with Crippen molar-refractivity contribution in [2.45, 2.75) is 0 Å². The zero-order chi connectivity index (χ0) is 6.08. The largest absolute Gasteiger partial charge is 1.00 e. The van der Waals surface area contributed by atoms with E-state index in [1.54, 1.807) is 0 Å². The van der Waals surface area contributed by atoms with Crippen LogP contribution in [-0.4, -0.2) is 5.71 Å². The number of carbonyl (C=O) groups is 1. The van der Waals surface area contributed by atoms with E-state index in [0.29, 0.717) is 0 Å². The van der Waals surface area contributed by atoms with Crippen molar-refractivity contribution < 1.29 is 108 Å². The summed E-state index contributed by atoms with van der Waals surface area (Å²) >= 11 is 3.45. The summed E-state index contributed by atoms with van der Waals surface area (Å²) in [5, 5.41) is 9.23. The fourth-order valence-corrected chi connectivity index (χ4v) is 0. The van der Waals surface area contributed by atoms with Crippen molar-refractivity contribution in [3.63, 3.8) is 0 Å². The molecule has 0 bridgehead atoms. The van der Waals surface area contributed by atoms with Crippen LogP contribution in [0.4, 0.5) is 4.79 Å². The third-order valence-electron chi connectivity index (χ3n) is 0.224. The summed E-state index contributed by atoms with van der Waals surface area (Å²) in [4.78, 5) is 28.3. The van der Waals surface area contributed by atoms with Gasteiger partial charge >= 0.3 is 88.7 Å². The molecule has 0 aliphatic heterocycles. The quantitative estimate of drug-likeness (QED) is 0.315. The van der Waals surface area contributed by atoms with E-state index in [4.69, 9.17) is 0 Å². The fraction of sp³-hybridized carbons (Fsp3) is 0. The summed E-state index contributed by atoms with van der Waals surface area (Å²) in [6.07, 6.45) is 0. The zero-order valence-electron chi connectivity index (χ0n) is 5.99. The van der Waals surface area contributed by atoms with E-state index in [1.807, 2.05) is 0 Å². The molecule has 0 aromatic carbocycles. The van der Waals surface area contributed by atoms with Gasteiger partial charge in [-0.3, -0.25) is 0 Å². The van der Waals surface area contributed by atoms with Gasteiger partial charge in [0.25, 0.3) is 0 Å². The van der Waals surface area contributed by atoms with E-state index in [9.17, 15) is 19.7 Å². The van der Waals surface area contributed by atoms with Crippen LogP contribution >= 0.6 is 6.49 Å². The minimum absolute atomic E-state index is 0. The summed E-state index contributed by atoms with van der Waals surface area (Å²) in [5.41, 5.74) is -2.19. The molecule has 0 radical (unpaired) electrons. The summed E-state index contributed by atoms with van der Waals surface area (Å²) in [6, 6.07) is 0. The van der Waals surface area contributed by atoms with Crippen molar-refractivity contribution in [2.24, 2.45) is 0 Å². The monoisotopic (exact) mass is 208 g/mol. The van der Waals surface area contributed by atoms with Gasteiger partial charge in [-0.1, -0.05) is 0 Å². The Morgan fingerprint density at radius 1 is 1.20 bits per heavy atom. The van der Waals surface area contributed by atoms with Crippen LogP contribution in [0.2, 0.25) is 0 Å². The first-order valence-corrected chi connectivity index (χ1v) is 3.82. The van der Waals surface area contributed by atoms with Gasteiger partial charge in [-0.05, 0) is 0 Å². The van der Waals surface area contributed by atoms with Crippen LogP contribution in [0.1, 0.15) is 0 Å². The van der Waals surface area contributed by atoms with E-state index in [2.05, 4.69) is 11.8 Å². The molecule has 0 N–H and O–H groups in total. The van der Waals surface area contributed by atoms with E-state index < -0.39 is 12.2 Å². The Morgan fingerprint density at radius 2 is 1.30 bits per heavy atom. The van der Waals surface area contributed by atoms with Gasteiger partial charge in [-0.2, -0.15) is 6.49 Å². The Morgan fingerprint density at radius 3 is 1.30 bits per heavy atom. The van der Waals surface area contributed by atoms with Gasteiger partial charge < -0.3 is 19.7 Å². The summed E-state index contributed by atoms with van der Waals surface area (Å²) in [6.45, 7) is -4.60. The maximum Gasteiger partial charge on any atom is 1.00 e. The molecule has 0 saturated carbocycles. The van der Waals surface area contributed by atoms with Crippen molar-refractivity contribution >= 4 is 24.0 Å². The number of carbonyl (C=O) groups excluding carboxylic acids is 1. The van der Waals surface area contributed by atoms with Crippen molar-refractivity contribution in [2.75, 3.05) is 0 Å². The van der Waals surface area contributed by atoms with Gasteiger partial charge in [0.2, 0.25) is 0 Å². The first kappa shape index (κ1) is 23.1. The molecule has 0 amide bonds. The van der Waals surface area contributed by atoms with Crippen molar-refractivity contribution in [3.05, 3.63) is 0 Å². The summed E-state index contributed by atoms with van der Waals surface area (Å²) in [7, 11) is 0. The van der Waals surface area contributed by atoms with Gasteiger partial charge in [0.1, 0.15) is 0 Å². The van der Waals surface area contributed by atoms with Gasteiger partial charge in [0.15, 0.2) is 0 Å². The Labute approximate surface area is 130 Å². The molecule has 0 atom stereocenters. The molecule has 9 heteroatoms. The second-order valence-electron chi connectivity index (χ2n) is 0.763. The molecule has 0 fully saturated rings. The topological polar surface area (TPSA) is 86.2 Å². The van der Waals surface area contributed by atoms with Crippen LogP contribution < -0.4 is 104 Å². The molecule has 0 unspecified atom stereocenters. The molecule has 0 aliphatic carbocycles. The van der Waals surface area contributed by atoms with E-state index in [0.717, 1.165) is 0 Å². The van der Waals surface area contributed by atoms with E-state index in [1.165, 1.54) is 0 Å². The Balaban J connectivity index is -0.0000000600. The predicted molar refractivity (Wildman–Crippen MR) is 19.7 cm³/mol. The first-order chi connectivity index (χ1) is 2.94. The minimum atomic E-state index is -4.60. The number of hydrogen-bond acceptors (Lipinski definition) is 5. The maximum atomic E-state index is 9.51. The number of carboxylic acid groups (broad SMARTS) is 1. The Bertz CT molecular complexity index is 132. The predicted octanol–water partition coefficient (Wildman–Crippen LogP) is -11.6. The number of rotatable bonds is 1.